The van der Waals surface area contributed by atoms with E-state index in [4.69, 9.17) is 0 Å². The van der Waals surface area contributed by atoms with Crippen molar-refractivity contribution in [3.05, 3.63) is 39.4 Å². The molecule has 6 nitrogen and oxygen atoms in total. The van der Waals surface area contributed by atoms with Crippen LogP contribution in [0.3, 0.4) is 0 Å². The van der Waals surface area contributed by atoms with Gasteiger partial charge in [-0.3, -0.25) is 19.8 Å². The van der Waals surface area contributed by atoms with Gasteiger partial charge in [0.25, 0.3) is 5.69 Å². The van der Waals surface area contributed by atoms with E-state index in [1.807, 2.05) is 32.9 Å². The lowest BCUT2D eigenvalue weighted by atomic mass is 9.90. The second-order valence-corrected chi connectivity index (χ2v) is 6.60. The maximum absolute atomic E-state index is 11.3. The summed E-state index contributed by atoms with van der Waals surface area (Å²) in [6.45, 7) is 7.17. The lowest BCUT2D eigenvalue weighted by Crippen LogP contribution is -2.45. The van der Waals surface area contributed by atoms with Gasteiger partial charge in [0, 0.05) is 24.2 Å². The van der Waals surface area contributed by atoms with Crippen LogP contribution in [0.1, 0.15) is 50.7 Å². The maximum Gasteiger partial charge on any atom is 0.308 e. The number of carbonyl (C=O) groups is 1. The Bertz CT molecular complexity index is 600. The van der Waals surface area contributed by atoms with Gasteiger partial charge in [-0.05, 0) is 37.8 Å². The molecule has 6 heteroatoms. The van der Waals surface area contributed by atoms with Crippen molar-refractivity contribution in [1.82, 2.24) is 4.90 Å². The Morgan fingerprint density at radius 3 is 2.74 bits per heavy atom. The molecule has 0 spiro atoms. The van der Waals surface area contributed by atoms with E-state index in [1.165, 1.54) is 0 Å². The van der Waals surface area contributed by atoms with Gasteiger partial charge in [-0.2, -0.15) is 0 Å². The van der Waals surface area contributed by atoms with Gasteiger partial charge in [0.15, 0.2) is 0 Å². The van der Waals surface area contributed by atoms with E-state index in [1.54, 1.807) is 6.07 Å². The molecule has 1 fully saturated rings. The largest absolute Gasteiger partial charge is 0.481 e. The van der Waals surface area contributed by atoms with Crippen LogP contribution in [0, 0.1) is 16.0 Å². The fraction of sp³-hybridized carbons (Fsp3) is 0.588. The molecule has 1 heterocycles. The van der Waals surface area contributed by atoms with Gasteiger partial charge in [-0.25, -0.2) is 0 Å². The number of nitro groups is 1. The van der Waals surface area contributed by atoms with Gasteiger partial charge >= 0.3 is 5.97 Å². The van der Waals surface area contributed by atoms with Crippen molar-refractivity contribution in [2.45, 2.75) is 52.1 Å². The zero-order valence-corrected chi connectivity index (χ0v) is 13.9. The molecule has 0 unspecified atom stereocenters. The van der Waals surface area contributed by atoms with Gasteiger partial charge in [0.2, 0.25) is 0 Å². The average molecular weight is 320 g/mol. The second kappa shape index (κ2) is 7.08. The molecule has 1 N–H and O–H groups in total. The Morgan fingerprint density at radius 2 is 2.17 bits per heavy atom. The lowest BCUT2D eigenvalue weighted by Gasteiger charge is -2.37. The van der Waals surface area contributed by atoms with Crippen LogP contribution < -0.4 is 0 Å². The first-order valence-corrected chi connectivity index (χ1v) is 8.05. The summed E-state index contributed by atoms with van der Waals surface area (Å²) in [5, 5.41) is 20.6. The van der Waals surface area contributed by atoms with Gasteiger partial charge in [-0.15, -0.1) is 0 Å². The molecule has 0 aliphatic carbocycles. The summed E-state index contributed by atoms with van der Waals surface area (Å²) in [5.41, 5.74) is 1.74. The third-order valence-corrected chi connectivity index (χ3v) is 4.74. The van der Waals surface area contributed by atoms with E-state index in [-0.39, 0.29) is 28.5 Å². The molecular weight excluding hydrogens is 296 g/mol. The monoisotopic (exact) mass is 320 g/mol. The quantitative estimate of drug-likeness (QED) is 0.664. The SMILES string of the molecule is CC(C)c1ccc(CN2CCC[C@H](C(=O)O)[C@@H]2C)cc1[N+](=O)[O-]. The van der Waals surface area contributed by atoms with E-state index in [9.17, 15) is 20.0 Å². The highest BCUT2D eigenvalue weighted by Crippen LogP contribution is 2.30. The third kappa shape index (κ3) is 3.88. The minimum atomic E-state index is -0.761. The number of nitro benzene ring substituents is 1. The highest BCUT2D eigenvalue weighted by molar-refractivity contribution is 5.71. The minimum absolute atomic E-state index is 0.0647. The van der Waals surface area contributed by atoms with E-state index in [0.29, 0.717) is 13.0 Å². The molecule has 0 saturated carbocycles. The van der Waals surface area contributed by atoms with Crippen LogP contribution in [0.4, 0.5) is 5.69 Å². The van der Waals surface area contributed by atoms with Gasteiger partial charge < -0.3 is 5.11 Å². The van der Waals surface area contributed by atoms with Crippen molar-refractivity contribution in [2.75, 3.05) is 6.54 Å². The highest BCUT2D eigenvalue weighted by atomic mass is 16.6. The lowest BCUT2D eigenvalue weighted by molar-refractivity contribution is -0.385. The smallest absolute Gasteiger partial charge is 0.308 e. The van der Waals surface area contributed by atoms with Crippen LogP contribution in [0.5, 0.6) is 0 Å². The van der Waals surface area contributed by atoms with E-state index in [0.717, 1.165) is 24.1 Å². The van der Waals surface area contributed by atoms with Crippen LogP contribution in [-0.2, 0) is 11.3 Å². The number of nitrogens with zero attached hydrogens (tertiary/aromatic N) is 2. The molecule has 126 valence electrons. The summed E-state index contributed by atoms with van der Waals surface area (Å²) in [6, 6.07) is 5.30. The van der Waals surface area contributed by atoms with Crippen LogP contribution in [0.2, 0.25) is 0 Å². The predicted octanol–water partition coefficient (Wildman–Crippen LogP) is 3.40. The van der Waals surface area contributed by atoms with Gasteiger partial charge in [0.1, 0.15) is 0 Å². The van der Waals surface area contributed by atoms with E-state index < -0.39 is 5.97 Å². The molecular formula is C17H24N2O4. The molecule has 0 amide bonds. The zero-order valence-electron chi connectivity index (χ0n) is 13.9. The molecule has 1 aromatic carbocycles. The van der Waals surface area contributed by atoms with Crippen LogP contribution in [0.15, 0.2) is 18.2 Å². The van der Waals surface area contributed by atoms with Crippen molar-refractivity contribution < 1.29 is 14.8 Å². The number of likely N-dealkylation sites (tertiary alicyclic amines) is 1. The van der Waals surface area contributed by atoms with Crippen molar-refractivity contribution in [3.8, 4) is 0 Å². The number of carboxylic acid groups (broad SMARTS) is 1. The standard InChI is InChI=1S/C17H24N2O4/c1-11(2)14-7-6-13(9-16(14)19(22)23)10-18-8-4-5-15(12(18)3)17(20)21/h6-7,9,11-12,15H,4-5,8,10H2,1-3H3,(H,20,21)/t12-,15-/m0/s1. The molecule has 1 saturated heterocycles. The first kappa shape index (κ1) is 17.4. The molecule has 2 rings (SSSR count). The Labute approximate surface area is 136 Å². The van der Waals surface area contributed by atoms with Crippen molar-refractivity contribution in [1.29, 1.82) is 0 Å². The topological polar surface area (TPSA) is 83.7 Å². The average Bonchev–Trinajstić information content (AvgIpc) is 2.48. The Morgan fingerprint density at radius 1 is 1.48 bits per heavy atom. The molecule has 1 aliphatic rings. The Kier molecular flexibility index (Phi) is 5.36. The number of carboxylic acids is 1. The summed E-state index contributed by atoms with van der Waals surface area (Å²) in [6.07, 6.45) is 1.53. The summed E-state index contributed by atoms with van der Waals surface area (Å²) < 4.78 is 0. The number of hydrogen-bond acceptors (Lipinski definition) is 4. The first-order chi connectivity index (χ1) is 10.8. The molecule has 23 heavy (non-hydrogen) atoms. The number of benzene rings is 1. The van der Waals surface area contributed by atoms with E-state index in [2.05, 4.69) is 4.90 Å². The molecule has 0 bridgehead atoms. The summed E-state index contributed by atoms with van der Waals surface area (Å²) in [7, 11) is 0. The number of piperidine rings is 1. The zero-order chi connectivity index (χ0) is 17.1. The fourth-order valence-electron chi connectivity index (χ4n) is 3.33. The molecule has 2 atom stereocenters. The summed E-state index contributed by atoms with van der Waals surface area (Å²) in [4.78, 5) is 24.4. The molecule has 1 aliphatic heterocycles. The molecule has 0 radical (unpaired) electrons. The van der Waals surface area contributed by atoms with Crippen LogP contribution in [0.25, 0.3) is 0 Å². The van der Waals surface area contributed by atoms with Gasteiger partial charge in [-0.1, -0.05) is 26.0 Å². The Balaban J connectivity index is 2.21. The predicted molar refractivity (Wildman–Crippen MR) is 87.4 cm³/mol. The van der Waals surface area contributed by atoms with Crippen LogP contribution >= 0.6 is 0 Å². The summed E-state index contributed by atoms with van der Waals surface area (Å²) in [5.74, 6) is -1.04. The Hall–Kier alpha value is -1.95. The van der Waals surface area contributed by atoms with E-state index >= 15 is 0 Å². The number of aliphatic carboxylic acids is 1. The van der Waals surface area contributed by atoms with Crippen LogP contribution in [-0.4, -0.2) is 33.5 Å². The first-order valence-electron chi connectivity index (χ1n) is 8.05. The number of rotatable bonds is 5. The van der Waals surface area contributed by atoms with Gasteiger partial charge in [0.05, 0.1) is 10.8 Å². The summed E-state index contributed by atoms with van der Waals surface area (Å²) >= 11 is 0. The molecule has 1 aromatic rings. The highest BCUT2D eigenvalue weighted by Gasteiger charge is 2.33. The maximum atomic E-state index is 11.3. The fourth-order valence-corrected chi connectivity index (χ4v) is 3.33. The number of hydrogen-bond donors (Lipinski definition) is 1. The van der Waals surface area contributed by atoms with Crippen molar-refractivity contribution in [2.24, 2.45) is 5.92 Å². The normalized spacial score (nSPS) is 22.3. The second-order valence-electron chi connectivity index (χ2n) is 6.60. The molecule has 0 aromatic heterocycles. The third-order valence-electron chi connectivity index (χ3n) is 4.74. The van der Waals surface area contributed by atoms with Crippen molar-refractivity contribution in [3.63, 3.8) is 0 Å². The minimum Gasteiger partial charge on any atom is -0.481 e. The van der Waals surface area contributed by atoms with Crippen molar-refractivity contribution >= 4 is 11.7 Å².